The Morgan fingerprint density at radius 3 is 2.37 bits per heavy atom. The van der Waals surface area contributed by atoms with Gasteiger partial charge in [0.2, 0.25) is 0 Å². The lowest BCUT2D eigenvalue weighted by molar-refractivity contribution is -0.269. The number of rotatable bonds is 2. The fraction of sp³-hybridized carbons (Fsp3) is 0.538. The zero-order valence-electron chi connectivity index (χ0n) is 10.4. The van der Waals surface area contributed by atoms with Crippen molar-refractivity contribution in [3.63, 3.8) is 0 Å². The third kappa shape index (κ3) is 2.89. The Morgan fingerprint density at radius 2 is 1.84 bits per heavy atom. The molecule has 0 aromatic heterocycles. The summed E-state index contributed by atoms with van der Waals surface area (Å²) in [7, 11) is 0. The predicted molar refractivity (Wildman–Crippen MR) is 71.1 cm³/mol. The maximum Gasteiger partial charge on any atom is 0.417 e. The second kappa shape index (κ2) is 4.98. The molecular weight excluding hydrogens is 323 g/mol. The molecule has 1 aliphatic heterocycles. The van der Waals surface area contributed by atoms with Crippen LogP contribution in [0.1, 0.15) is 13.3 Å². The number of hydrogen-bond acceptors (Lipinski definition) is 2. The average molecular weight is 338 g/mol. The van der Waals surface area contributed by atoms with Gasteiger partial charge in [0.05, 0.1) is 0 Å². The minimum atomic E-state index is -4.59. The summed E-state index contributed by atoms with van der Waals surface area (Å²) in [5, 5.41) is 9.70. The molecule has 0 saturated carbocycles. The molecule has 0 radical (unpaired) electrons. The van der Waals surface area contributed by atoms with E-state index in [-0.39, 0.29) is 6.54 Å². The number of benzene rings is 1. The lowest BCUT2D eigenvalue weighted by Crippen LogP contribution is -2.49. The largest absolute Gasteiger partial charge is 0.417 e. The van der Waals surface area contributed by atoms with Crippen LogP contribution >= 0.6 is 15.9 Å². The smallest absolute Gasteiger partial charge is 0.380 e. The fourth-order valence-corrected chi connectivity index (χ4v) is 2.60. The lowest BCUT2D eigenvalue weighted by atomic mass is 9.88. The van der Waals surface area contributed by atoms with Crippen LogP contribution in [-0.2, 0) is 0 Å². The van der Waals surface area contributed by atoms with E-state index in [9.17, 15) is 18.3 Å². The first-order chi connectivity index (χ1) is 8.72. The van der Waals surface area contributed by atoms with Crippen LogP contribution in [0.4, 0.5) is 18.9 Å². The second-order valence-corrected chi connectivity index (χ2v) is 5.97. The molecule has 0 bridgehead atoms. The molecule has 106 valence electrons. The highest BCUT2D eigenvalue weighted by atomic mass is 79.9. The Bertz CT molecular complexity index is 444. The van der Waals surface area contributed by atoms with E-state index in [0.29, 0.717) is 13.0 Å². The molecule has 19 heavy (non-hydrogen) atoms. The van der Waals surface area contributed by atoms with Crippen molar-refractivity contribution < 1.29 is 18.3 Å². The van der Waals surface area contributed by atoms with Gasteiger partial charge in [-0.1, -0.05) is 15.9 Å². The van der Waals surface area contributed by atoms with Crippen LogP contribution in [0.2, 0.25) is 0 Å². The standard InChI is InChI=1S/C13H15BrF3NO/c1-12(19,13(15,16)17)9-6-7-18(8-9)11-4-2-10(14)3-5-11/h2-5,9,19H,6-8H2,1H3. The van der Waals surface area contributed by atoms with Crippen molar-refractivity contribution in [1.82, 2.24) is 0 Å². The minimum absolute atomic E-state index is 0.216. The van der Waals surface area contributed by atoms with Gasteiger partial charge in [-0.25, -0.2) is 0 Å². The molecule has 2 atom stereocenters. The second-order valence-electron chi connectivity index (χ2n) is 5.05. The van der Waals surface area contributed by atoms with Gasteiger partial charge in [-0.05, 0) is 37.6 Å². The van der Waals surface area contributed by atoms with Crippen LogP contribution in [0, 0.1) is 5.92 Å². The van der Waals surface area contributed by atoms with Crippen molar-refractivity contribution in [3.05, 3.63) is 28.7 Å². The van der Waals surface area contributed by atoms with Gasteiger partial charge < -0.3 is 10.0 Å². The minimum Gasteiger partial charge on any atom is -0.380 e. The average Bonchev–Trinajstić information content (AvgIpc) is 2.78. The van der Waals surface area contributed by atoms with Crippen LogP contribution < -0.4 is 4.90 Å². The van der Waals surface area contributed by atoms with E-state index in [2.05, 4.69) is 15.9 Å². The molecule has 1 N–H and O–H groups in total. The summed E-state index contributed by atoms with van der Waals surface area (Å²) in [5.41, 5.74) is -1.75. The first kappa shape index (κ1) is 14.7. The molecule has 6 heteroatoms. The molecule has 1 saturated heterocycles. The fourth-order valence-electron chi connectivity index (χ4n) is 2.34. The van der Waals surface area contributed by atoms with E-state index in [0.717, 1.165) is 17.1 Å². The molecule has 1 aliphatic rings. The van der Waals surface area contributed by atoms with Crippen LogP contribution in [0.25, 0.3) is 0 Å². The van der Waals surface area contributed by atoms with Gasteiger partial charge in [0, 0.05) is 29.2 Å². The van der Waals surface area contributed by atoms with Gasteiger partial charge in [-0.2, -0.15) is 13.2 Å². The van der Waals surface area contributed by atoms with E-state index in [4.69, 9.17) is 0 Å². The van der Waals surface area contributed by atoms with E-state index >= 15 is 0 Å². The van der Waals surface area contributed by atoms with Gasteiger partial charge in [0.25, 0.3) is 0 Å². The summed E-state index contributed by atoms with van der Waals surface area (Å²) >= 11 is 3.32. The molecule has 2 rings (SSSR count). The first-order valence-corrected chi connectivity index (χ1v) is 6.81. The Balaban J connectivity index is 2.10. The highest BCUT2D eigenvalue weighted by molar-refractivity contribution is 9.10. The summed E-state index contributed by atoms with van der Waals surface area (Å²) in [6.45, 7) is 1.61. The van der Waals surface area contributed by atoms with Crippen molar-refractivity contribution in [2.24, 2.45) is 5.92 Å². The molecule has 1 aromatic rings. The van der Waals surface area contributed by atoms with Crippen molar-refractivity contribution >= 4 is 21.6 Å². The zero-order valence-corrected chi connectivity index (χ0v) is 12.0. The van der Waals surface area contributed by atoms with Crippen LogP contribution in [0.3, 0.4) is 0 Å². The summed E-state index contributed by atoms with van der Waals surface area (Å²) in [6.07, 6.45) is -4.25. The van der Waals surface area contributed by atoms with Crippen molar-refractivity contribution in [1.29, 1.82) is 0 Å². The molecular formula is C13H15BrF3NO. The van der Waals surface area contributed by atoms with Gasteiger partial charge >= 0.3 is 6.18 Å². The quantitative estimate of drug-likeness (QED) is 0.891. The van der Waals surface area contributed by atoms with Gasteiger partial charge in [-0.15, -0.1) is 0 Å². The Labute approximate surface area is 118 Å². The Morgan fingerprint density at radius 1 is 1.26 bits per heavy atom. The number of anilines is 1. The topological polar surface area (TPSA) is 23.5 Å². The van der Waals surface area contributed by atoms with Crippen molar-refractivity contribution in [2.75, 3.05) is 18.0 Å². The van der Waals surface area contributed by atoms with Gasteiger partial charge in [0.1, 0.15) is 0 Å². The van der Waals surface area contributed by atoms with Gasteiger partial charge in [-0.3, -0.25) is 0 Å². The first-order valence-electron chi connectivity index (χ1n) is 6.01. The maximum absolute atomic E-state index is 12.8. The van der Waals surface area contributed by atoms with Crippen molar-refractivity contribution in [2.45, 2.75) is 25.1 Å². The monoisotopic (exact) mass is 337 g/mol. The number of hydrogen-bond donors (Lipinski definition) is 1. The summed E-state index contributed by atoms with van der Waals surface area (Å²) in [6, 6.07) is 7.42. The number of nitrogens with zero attached hydrogens (tertiary/aromatic N) is 1. The summed E-state index contributed by atoms with van der Waals surface area (Å²) in [4.78, 5) is 1.87. The molecule has 0 amide bonds. The highest BCUT2D eigenvalue weighted by Crippen LogP contribution is 2.40. The summed E-state index contributed by atoms with van der Waals surface area (Å²) < 4.78 is 39.3. The SMILES string of the molecule is CC(O)(C1CCN(c2ccc(Br)cc2)C1)C(F)(F)F. The molecule has 2 unspecified atom stereocenters. The molecule has 1 fully saturated rings. The number of halogens is 4. The Kier molecular flexibility index (Phi) is 3.84. The van der Waals surface area contributed by atoms with E-state index in [1.807, 2.05) is 29.2 Å². The molecule has 2 nitrogen and oxygen atoms in total. The van der Waals surface area contributed by atoms with E-state index in [1.54, 1.807) is 0 Å². The molecule has 1 aromatic carbocycles. The molecule has 1 heterocycles. The predicted octanol–water partition coefficient (Wildman–Crippen LogP) is 3.59. The third-order valence-corrected chi connectivity index (χ3v) is 4.28. The molecule has 0 aliphatic carbocycles. The van der Waals surface area contributed by atoms with Crippen LogP contribution in [0.5, 0.6) is 0 Å². The number of aliphatic hydroxyl groups is 1. The molecule has 0 spiro atoms. The van der Waals surface area contributed by atoms with Crippen molar-refractivity contribution in [3.8, 4) is 0 Å². The van der Waals surface area contributed by atoms with Crippen LogP contribution in [0.15, 0.2) is 28.7 Å². The van der Waals surface area contributed by atoms with E-state index < -0.39 is 17.7 Å². The third-order valence-electron chi connectivity index (χ3n) is 3.75. The Hall–Kier alpha value is -0.750. The van der Waals surface area contributed by atoms with Crippen LogP contribution in [-0.4, -0.2) is 30.0 Å². The number of alkyl halides is 3. The van der Waals surface area contributed by atoms with E-state index in [1.165, 1.54) is 0 Å². The lowest BCUT2D eigenvalue weighted by Gasteiger charge is -2.32. The maximum atomic E-state index is 12.8. The normalized spacial score (nSPS) is 23.5. The summed E-state index contributed by atoms with van der Waals surface area (Å²) in [5.74, 6) is -0.795. The zero-order chi connectivity index (χ0) is 14.3. The van der Waals surface area contributed by atoms with Gasteiger partial charge in [0.15, 0.2) is 5.60 Å². The highest BCUT2D eigenvalue weighted by Gasteiger charge is 2.56.